The number of ether oxygens (including phenoxy) is 1. The van der Waals surface area contributed by atoms with Crippen molar-refractivity contribution in [3.05, 3.63) is 23.8 Å². The molecule has 0 radical (unpaired) electrons. The maximum atomic E-state index is 11.9. The molecule has 2 rings (SSSR count). The molecule has 0 N–H and O–H groups in total. The average Bonchev–Trinajstić information content (AvgIpc) is 3.11. The van der Waals surface area contributed by atoms with Gasteiger partial charge in [-0.25, -0.2) is 0 Å². The number of hydrogen-bond acceptors (Lipinski definition) is 3. The molecule has 0 saturated heterocycles. The van der Waals surface area contributed by atoms with Crippen molar-refractivity contribution in [1.29, 1.82) is 0 Å². The molecule has 0 spiro atoms. The maximum Gasteiger partial charge on any atom is 0.253 e. The van der Waals surface area contributed by atoms with Crippen LogP contribution >= 0.6 is 11.8 Å². The highest BCUT2D eigenvalue weighted by atomic mass is 32.2. The Balaban J connectivity index is 2.26. The first-order valence-corrected chi connectivity index (χ1v) is 6.90. The average molecular weight is 251 g/mol. The van der Waals surface area contributed by atoms with E-state index in [1.807, 2.05) is 24.5 Å². The lowest BCUT2D eigenvalue weighted by Gasteiger charge is -2.13. The van der Waals surface area contributed by atoms with Crippen LogP contribution in [0.1, 0.15) is 23.2 Å². The number of hydrogen-bond donors (Lipinski definition) is 0. The van der Waals surface area contributed by atoms with E-state index in [1.165, 1.54) is 0 Å². The first-order valence-electron chi connectivity index (χ1n) is 5.67. The summed E-state index contributed by atoms with van der Waals surface area (Å²) in [5.74, 6) is 0.825. The summed E-state index contributed by atoms with van der Waals surface area (Å²) >= 11 is 1.62. The number of benzene rings is 1. The van der Waals surface area contributed by atoms with E-state index >= 15 is 0 Å². The number of carbonyl (C=O) groups is 1. The van der Waals surface area contributed by atoms with Crippen LogP contribution in [-0.2, 0) is 0 Å². The Bertz CT molecular complexity index is 427. The van der Waals surface area contributed by atoms with E-state index in [0.29, 0.717) is 11.7 Å². The third-order valence-corrected chi connectivity index (χ3v) is 3.30. The van der Waals surface area contributed by atoms with E-state index in [0.717, 1.165) is 23.5 Å². The van der Waals surface area contributed by atoms with Crippen molar-refractivity contribution < 1.29 is 9.53 Å². The molecule has 4 heteroatoms. The number of carbonyl (C=O) groups excluding carboxylic acids is 1. The molecule has 0 unspecified atom stereocenters. The van der Waals surface area contributed by atoms with E-state index in [-0.39, 0.29) is 5.91 Å². The van der Waals surface area contributed by atoms with Crippen LogP contribution in [0.25, 0.3) is 0 Å². The standard InChI is InChI=1S/C13H17NO2S/c1-14(2)13(15)9-6-11(16-10-4-5-10)8-12(7-9)17-3/h6-8,10H,4-5H2,1-3H3. The van der Waals surface area contributed by atoms with E-state index in [1.54, 1.807) is 30.8 Å². The van der Waals surface area contributed by atoms with Gasteiger partial charge in [0.05, 0.1) is 6.10 Å². The molecule has 1 aromatic carbocycles. The first kappa shape index (κ1) is 12.3. The van der Waals surface area contributed by atoms with Gasteiger partial charge in [-0.15, -0.1) is 11.8 Å². The van der Waals surface area contributed by atoms with Crippen LogP contribution in [0.2, 0.25) is 0 Å². The van der Waals surface area contributed by atoms with Crippen LogP contribution in [-0.4, -0.2) is 37.3 Å². The Kier molecular flexibility index (Phi) is 3.62. The van der Waals surface area contributed by atoms with Gasteiger partial charge < -0.3 is 9.64 Å². The van der Waals surface area contributed by atoms with Gasteiger partial charge in [-0.3, -0.25) is 4.79 Å². The van der Waals surface area contributed by atoms with Crippen molar-refractivity contribution >= 4 is 17.7 Å². The molecule has 0 aromatic heterocycles. The Labute approximate surface area is 106 Å². The summed E-state index contributed by atoms with van der Waals surface area (Å²) in [4.78, 5) is 14.6. The molecule has 1 aromatic rings. The molecule has 1 aliphatic carbocycles. The topological polar surface area (TPSA) is 29.5 Å². The lowest BCUT2D eigenvalue weighted by Crippen LogP contribution is -2.21. The van der Waals surface area contributed by atoms with Crippen molar-refractivity contribution in [3.8, 4) is 5.75 Å². The van der Waals surface area contributed by atoms with Crippen LogP contribution < -0.4 is 4.74 Å². The third-order valence-electron chi connectivity index (χ3n) is 2.60. The first-order chi connectivity index (χ1) is 8.10. The number of nitrogens with zero attached hydrogens (tertiary/aromatic N) is 1. The van der Waals surface area contributed by atoms with Gasteiger partial charge >= 0.3 is 0 Å². The Hall–Kier alpha value is -1.16. The molecule has 3 nitrogen and oxygen atoms in total. The Morgan fingerprint density at radius 2 is 2.06 bits per heavy atom. The second-order valence-corrected chi connectivity index (χ2v) is 5.29. The van der Waals surface area contributed by atoms with Crippen molar-refractivity contribution in [2.45, 2.75) is 23.8 Å². The zero-order valence-corrected chi connectivity index (χ0v) is 11.2. The summed E-state index contributed by atoms with van der Waals surface area (Å²) < 4.78 is 5.75. The minimum absolute atomic E-state index is 0.0153. The van der Waals surface area contributed by atoms with Gasteiger partial charge in [-0.2, -0.15) is 0 Å². The lowest BCUT2D eigenvalue weighted by atomic mass is 10.2. The molecular formula is C13H17NO2S. The van der Waals surface area contributed by atoms with Crippen LogP contribution in [0, 0.1) is 0 Å². The number of rotatable bonds is 4. The molecule has 0 heterocycles. The van der Waals surface area contributed by atoms with Gasteiger partial charge in [0.25, 0.3) is 5.91 Å². The largest absolute Gasteiger partial charge is 0.490 e. The molecule has 0 bridgehead atoms. The molecule has 1 aliphatic rings. The summed E-state index contributed by atoms with van der Waals surface area (Å²) in [6.45, 7) is 0. The number of amides is 1. The predicted molar refractivity (Wildman–Crippen MR) is 69.9 cm³/mol. The van der Waals surface area contributed by atoms with Crippen LogP contribution in [0.3, 0.4) is 0 Å². The maximum absolute atomic E-state index is 11.9. The van der Waals surface area contributed by atoms with E-state index in [9.17, 15) is 4.79 Å². The molecule has 92 valence electrons. The van der Waals surface area contributed by atoms with Crippen LogP contribution in [0.5, 0.6) is 5.75 Å². The minimum atomic E-state index is 0.0153. The zero-order chi connectivity index (χ0) is 12.4. The summed E-state index contributed by atoms with van der Waals surface area (Å²) in [7, 11) is 3.52. The second kappa shape index (κ2) is 5.00. The molecule has 0 atom stereocenters. The summed E-state index contributed by atoms with van der Waals surface area (Å²) in [5.41, 5.74) is 0.692. The molecular weight excluding hydrogens is 234 g/mol. The lowest BCUT2D eigenvalue weighted by molar-refractivity contribution is 0.0827. The van der Waals surface area contributed by atoms with Gasteiger partial charge in [-0.05, 0) is 37.3 Å². The quantitative estimate of drug-likeness (QED) is 0.770. The van der Waals surface area contributed by atoms with Gasteiger partial charge in [0.15, 0.2) is 0 Å². The van der Waals surface area contributed by atoms with E-state index < -0.39 is 0 Å². The Morgan fingerprint density at radius 3 is 2.59 bits per heavy atom. The summed E-state index contributed by atoms with van der Waals surface area (Å²) in [5, 5.41) is 0. The molecule has 1 fully saturated rings. The molecule has 17 heavy (non-hydrogen) atoms. The highest BCUT2D eigenvalue weighted by molar-refractivity contribution is 7.98. The fourth-order valence-electron chi connectivity index (χ4n) is 1.52. The van der Waals surface area contributed by atoms with Crippen LogP contribution in [0.4, 0.5) is 0 Å². The van der Waals surface area contributed by atoms with Crippen molar-refractivity contribution in [3.63, 3.8) is 0 Å². The smallest absolute Gasteiger partial charge is 0.253 e. The predicted octanol–water partition coefficient (Wildman–Crippen LogP) is 2.65. The fourth-order valence-corrected chi connectivity index (χ4v) is 2.00. The van der Waals surface area contributed by atoms with Crippen molar-refractivity contribution in [1.82, 2.24) is 4.90 Å². The highest BCUT2D eigenvalue weighted by Gasteiger charge is 2.24. The van der Waals surface area contributed by atoms with Gasteiger partial charge in [-0.1, -0.05) is 0 Å². The normalized spacial score (nSPS) is 14.5. The second-order valence-electron chi connectivity index (χ2n) is 4.41. The Morgan fingerprint density at radius 1 is 1.35 bits per heavy atom. The fraction of sp³-hybridized carbons (Fsp3) is 0.462. The van der Waals surface area contributed by atoms with Gasteiger partial charge in [0.2, 0.25) is 0 Å². The summed E-state index contributed by atoms with van der Waals surface area (Å²) in [6.07, 6.45) is 4.61. The van der Waals surface area contributed by atoms with E-state index in [2.05, 4.69) is 0 Å². The van der Waals surface area contributed by atoms with Crippen LogP contribution in [0.15, 0.2) is 23.1 Å². The number of thioether (sulfide) groups is 1. The van der Waals surface area contributed by atoms with Gasteiger partial charge in [0, 0.05) is 24.6 Å². The molecule has 0 aliphatic heterocycles. The monoisotopic (exact) mass is 251 g/mol. The highest BCUT2D eigenvalue weighted by Crippen LogP contribution is 2.30. The third kappa shape index (κ3) is 3.16. The zero-order valence-electron chi connectivity index (χ0n) is 10.4. The van der Waals surface area contributed by atoms with Crippen molar-refractivity contribution in [2.75, 3.05) is 20.4 Å². The van der Waals surface area contributed by atoms with E-state index in [4.69, 9.17) is 4.74 Å². The van der Waals surface area contributed by atoms with Gasteiger partial charge in [0.1, 0.15) is 5.75 Å². The summed E-state index contributed by atoms with van der Waals surface area (Å²) in [6, 6.07) is 5.74. The molecule has 1 amide bonds. The minimum Gasteiger partial charge on any atom is -0.490 e. The SMILES string of the molecule is CSc1cc(OC2CC2)cc(C(=O)N(C)C)c1. The van der Waals surface area contributed by atoms with Crippen molar-refractivity contribution in [2.24, 2.45) is 0 Å². The molecule has 1 saturated carbocycles.